The first-order valence-electron chi connectivity index (χ1n) is 5.50. The number of halogens is 2. The Bertz CT molecular complexity index is 394. The largest absolute Gasteiger partial charge is 0.352 e. The average Bonchev–Trinajstić information content (AvgIpc) is 2.32. The smallest absolute Gasteiger partial charge is 0.224 e. The molecule has 0 spiro atoms. The van der Waals surface area contributed by atoms with Crippen LogP contribution in [-0.4, -0.2) is 12.5 Å². The number of amides is 1. The third kappa shape index (κ3) is 4.09. The number of hydrogen-bond donors (Lipinski definition) is 2. The molecule has 1 aromatic carbocycles. The summed E-state index contributed by atoms with van der Waals surface area (Å²) in [6, 6.07) is 4.38. The molecule has 17 heavy (non-hydrogen) atoms. The second-order valence-corrected chi connectivity index (χ2v) is 4.65. The van der Waals surface area contributed by atoms with Gasteiger partial charge in [-0.15, -0.1) is 0 Å². The Kier molecular flexibility index (Phi) is 5.58. The van der Waals surface area contributed by atoms with Gasteiger partial charge in [0, 0.05) is 23.5 Å². The van der Waals surface area contributed by atoms with Crippen LogP contribution in [0.25, 0.3) is 0 Å². The second kappa shape index (κ2) is 6.71. The van der Waals surface area contributed by atoms with E-state index in [2.05, 4.69) is 21.2 Å². The van der Waals surface area contributed by atoms with Crippen molar-refractivity contribution in [1.82, 2.24) is 5.32 Å². The summed E-state index contributed by atoms with van der Waals surface area (Å²) in [7, 11) is 0. The highest BCUT2D eigenvalue weighted by atomic mass is 79.9. The highest BCUT2D eigenvalue weighted by Gasteiger charge is 2.14. The summed E-state index contributed by atoms with van der Waals surface area (Å²) in [6.07, 6.45) is 0.701. The SMILES string of the molecule is CCC(CN)C(=O)NCc1cc(F)ccc1Br. The van der Waals surface area contributed by atoms with Crippen molar-refractivity contribution in [2.75, 3.05) is 6.54 Å². The molecule has 0 saturated carbocycles. The number of nitrogens with one attached hydrogen (secondary N) is 1. The Morgan fingerprint density at radius 3 is 2.88 bits per heavy atom. The molecule has 0 bridgehead atoms. The quantitative estimate of drug-likeness (QED) is 0.876. The number of carbonyl (C=O) groups excluding carboxylic acids is 1. The van der Waals surface area contributed by atoms with E-state index in [0.717, 1.165) is 4.47 Å². The van der Waals surface area contributed by atoms with Gasteiger partial charge in [-0.2, -0.15) is 0 Å². The van der Waals surface area contributed by atoms with E-state index in [-0.39, 0.29) is 17.6 Å². The van der Waals surface area contributed by atoms with Crippen LogP contribution >= 0.6 is 15.9 Å². The zero-order valence-electron chi connectivity index (χ0n) is 9.67. The molecule has 0 saturated heterocycles. The van der Waals surface area contributed by atoms with Gasteiger partial charge >= 0.3 is 0 Å². The molecule has 0 aliphatic carbocycles. The lowest BCUT2D eigenvalue weighted by Gasteiger charge is -2.13. The van der Waals surface area contributed by atoms with Crippen LogP contribution in [0.1, 0.15) is 18.9 Å². The highest BCUT2D eigenvalue weighted by Crippen LogP contribution is 2.17. The number of nitrogens with two attached hydrogens (primary N) is 1. The molecule has 1 amide bonds. The maximum absolute atomic E-state index is 13.0. The van der Waals surface area contributed by atoms with E-state index in [9.17, 15) is 9.18 Å². The molecule has 3 N–H and O–H groups in total. The van der Waals surface area contributed by atoms with E-state index >= 15 is 0 Å². The minimum atomic E-state index is -0.316. The lowest BCUT2D eigenvalue weighted by Crippen LogP contribution is -2.34. The number of carbonyl (C=O) groups is 1. The molecule has 0 aliphatic rings. The third-order valence-corrected chi connectivity index (χ3v) is 3.38. The molecule has 1 rings (SSSR count). The molecule has 1 aromatic rings. The maximum Gasteiger partial charge on any atom is 0.224 e. The fourth-order valence-corrected chi connectivity index (χ4v) is 1.85. The van der Waals surface area contributed by atoms with E-state index in [1.165, 1.54) is 12.1 Å². The Morgan fingerprint density at radius 2 is 2.29 bits per heavy atom. The maximum atomic E-state index is 13.0. The highest BCUT2D eigenvalue weighted by molar-refractivity contribution is 9.10. The van der Waals surface area contributed by atoms with Gasteiger partial charge in [0.1, 0.15) is 5.82 Å². The van der Waals surface area contributed by atoms with Gasteiger partial charge in [0.15, 0.2) is 0 Å². The average molecular weight is 303 g/mol. The van der Waals surface area contributed by atoms with Crippen molar-refractivity contribution in [3.8, 4) is 0 Å². The first-order chi connectivity index (χ1) is 8.08. The summed E-state index contributed by atoms with van der Waals surface area (Å²) in [4.78, 5) is 11.7. The topological polar surface area (TPSA) is 55.1 Å². The van der Waals surface area contributed by atoms with Crippen LogP contribution in [0.2, 0.25) is 0 Å². The number of rotatable bonds is 5. The molecule has 5 heteroatoms. The second-order valence-electron chi connectivity index (χ2n) is 3.79. The number of benzene rings is 1. The summed E-state index contributed by atoms with van der Waals surface area (Å²) in [5, 5.41) is 2.75. The fraction of sp³-hybridized carbons (Fsp3) is 0.417. The van der Waals surface area contributed by atoms with Crippen LogP contribution < -0.4 is 11.1 Å². The van der Waals surface area contributed by atoms with Crippen LogP contribution in [0.15, 0.2) is 22.7 Å². The van der Waals surface area contributed by atoms with Gasteiger partial charge in [0.2, 0.25) is 5.91 Å². The Hall–Kier alpha value is -0.940. The minimum absolute atomic E-state index is 0.0915. The van der Waals surface area contributed by atoms with E-state index in [0.29, 0.717) is 25.1 Å². The summed E-state index contributed by atoms with van der Waals surface area (Å²) in [5.74, 6) is -0.586. The van der Waals surface area contributed by atoms with Crippen molar-refractivity contribution in [3.05, 3.63) is 34.1 Å². The Labute approximate surface area is 109 Å². The lowest BCUT2D eigenvalue weighted by atomic mass is 10.1. The molecule has 3 nitrogen and oxygen atoms in total. The Balaban J connectivity index is 2.61. The Morgan fingerprint density at radius 1 is 1.59 bits per heavy atom. The van der Waals surface area contributed by atoms with Crippen LogP contribution in [0.3, 0.4) is 0 Å². The standard InChI is InChI=1S/C12H16BrFN2O/c1-2-8(6-15)12(17)16-7-9-5-10(14)3-4-11(9)13/h3-5,8H,2,6-7,15H2,1H3,(H,16,17). The molecule has 0 heterocycles. The third-order valence-electron chi connectivity index (χ3n) is 2.61. The van der Waals surface area contributed by atoms with Crippen molar-refractivity contribution in [3.63, 3.8) is 0 Å². The summed E-state index contributed by atoms with van der Waals surface area (Å²) in [5.41, 5.74) is 6.19. The molecule has 0 radical (unpaired) electrons. The molecule has 0 aromatic heterocycles. The van der Waals surface area contributed by atoms with Crippen LogP contribution in [0, 0.1) is 11.7 Å². The molecule has 0 aliphatic heterocycles. The van der Waals surface area contributed by atoms with Gasteiger partial charge in [-0.25, -0.2) is 4.39 Å². The van der Waals surface area contributed by atoms with Gasteiger partial charge < -0.3 is 11.1 Å². The van der Waals surface area contributed by atoms with E-state index in [4.69, 9.17) is 5.73 Å². The fourth-order valence-electron chi connectivity index (χ4n) is 1.46. The van der Waals surface area contributed by atoms with Gasteiger partial charge in [0.25, 0.3) is 0 Å². The van der Waals surface area contributed by atoms with Gasteiger partial charge in [0.05, 0.1) is 0 Å². The van der Waals surface area contributed by atoms with Gasteiger partial charge in [-0.3, -0.25) is 4.79 Å². The van der Waals surface area contributed by atoms with Crippen molar-refractivity contribution in [1.29, 1.82) is 0 Å². The molecular formula is C12H16BrFN2O. The molecular weight excluding hydrogens is 287 g/mol. The summed E-state index contributed by atoms with van der Waals surface area (Å²) in [6.45, 7) is 2.54. The minimum Gasteiger partial charge on any atom is -0.352 e. The predicted molar refractivity (Wildman–Crippen MR) is 68.8 cm³/mol. The van der Waals surface area contributed by atoms with E-state index in [1.807, 2.05) is 6.92 Å². The normalized spacial score (nSPS) is 12.2. The molecule has 1 unspecified atom stereocenters. The lowest BCUT2D eigenvalue weighted by molar-refractivity contribution is -0.124. The summed E-state index contributed by atoms with van der Waals surface area (Å²) >= 11 is 3.31. The van der Waals surface area contributed by atoms with Crippen molar-refractivity contribution < 1.29 is 9.18 Å². The van der Waals surface area contributed by atoms with Crippen LogP contribution in [0.5, 0.6) is 0 Å². The van der Waals surface area contributed by atoms with Crippen molar-refractivity contribution >= 4 is 21.8 Å². The van der Waals surface area contributed by atoms with E-state index < -0.39 is 0 Å². The summed E-state index contributed by atoms with van der Waals surface area (Å²) < 4.78 is 13.8. The monoisotopic (exact) mass is 302 g/mol. The molecule has 0 fully saturated rings. The molecule has 1 atom stereocenters. The van der Waals surface area contributed by atoms with Crippen LogP contribution in [0.4, 0.5) is 4.39 Å². The van der Waals surface area contributed by atoms with Gasteiger partial charge in [-0.1, -0.05) is 22.9 Å². The zero-order chi connectivity index (χ0) is 12.8. The first kappa shape index (κ1) is 14.1. The molecule has 94 valence electrons. The predicted octanol–water partition coefficient (Wildman–Crippen LogP) is 2.19. The number of hydrogen-bond acceptors (Lipinski definition) is 2. The first-order valence-corrected chi connectivity index (χ1v) is 6.29. The van der Waals surface area contributed by atoms with Gasteiger partial charge in [-0.05, 0) is 30.2 Å². The van der Waals surface area contributed by atoms with Crippen LogP contribution in [-0.2, 0) is 11.3 Å². The van der Waals surface area contributed by atoms with Crippen molar-refractivity contribution in [2.45, 2.75) is 19.9 Å². The van der Waals surface area contributed by atoms with E-state index in [1.54, 1.807) is 6.07 Å². The zero-order valence-corrected chi connectivity index (χ0v) is 11.3. The van der Waals surface area contributed by atoms with Crippen molar-refractivity contribution in [2.24, 2.45) is 11.7 Å².